The van der Waals surface area contributed by atoms with E-state index in [0.29, 0.717) is 16.3 Å². The van der Waals surface area contributed by atoms with Crippen molar-refractivity contribution in [3.8, 4) is 0 Å². The average molecular weight is 403 g/mol. The molecule has 0 bridgehead atoms. The Kier molecular flexibility index (Phi) is 5.85. The number of nitrogens with one attached hydrogen (secondary N) is 1. The number of carbonyl (C=O) groups excluding carboxylic acids is 1. The molecule has 0 spiro atoms. The standard InChI is InChI=1S/C12H12Br2F3NO/c1-7(5-13)6-18-11(19)9-4-8(12(15,16)17)2-3-10(9)14/h2-4,7H,5-6H2,1H3,(H,18,19). The zero-order valence-corrected chi connectivity index (χ0v) is 13.2. The Morgan fingerprint density at radius 3 is 2.58 bits per heavy atom. The highest BCUT2D eigenvalue weighted by molar-refractivity contribution is 9.10. The van der Waals surface area contributed by atoms with Crippen molar-refractivity contribution in [2.75, 3.05) is 11.9 Å². The Bertz CT molecular complexity index is 463. The highest BCUT2D eigenvalue weighted by atomic mass is 79.9. The molecule has 0 saturated carbocycles. The maximum Gasteiger partial charge on any atom is 0.416 e. The Balaban J connectivity index is 2.90. The minimum atomic E-state index is -4.46. The van der Waals surface area contributed by atoms with Crippen molar-refractivity contribution in [1.29, 1.82) is 0 Å². The van der Waals surface area contributed by atoms with Gasteiger partial charge in [0, 0.05) is 16.3 Å². The molecule has 0 radical (unpaired) electrons. The first-order chi connectivity index (χ1) is 8.75. The van der Waals surface area contributed by atoms with Crippen LogP contribution in [0.4, 0.5) is 13.2 Å². The molecule has 0 aliphatic rings. The van der Waals surface area contributed by atoms with Crippen molar-refractivity contribution in [1.82, 2.24) is 5.32 Å². The Labute approximate surface area is 126 Å². The first-order valence-corrected chi connectivity index (χ1v) is 7.38. The fourth-order valence-corrected chi connectivity index (χ4v) is 1.95. The van der Waals surface area contributed by atoms with Gasteiger partial charge in [-0.3, -0.25) is 4.79 Å². The molecular weight excluding hydrogens is 391 g/mol. The van der Waals surface area contributed by atoms with Crippen LogP contribution in [0, 0.1) is 5.92 Å². The normalized spacial score (nSPS) is 13.2. The summed E-state index contributed by atoms with van der Waals surface area (Å²) in [5.41, 5.74) is -0.856. The van der Waals surface area contributed by atoms with Crippen molar-refractivity contribution < 1.29 is 18.0 Å². The van der Waals surface area contributed by atoms with Gasteiger partial charge in [-0.1, -0.05) is 22.9 Å². The molecule has 1 amide bonds. The first-order valence-electron chi connectivity index (χ1n) is 5.46. The van der Waals surface area contributed by atoms with Crippen LogP contribution < -0.4 is 5.32 Å². The van der Waals surface area contributed by atoms with Crippen molar-refractivity contribution in [2.24, 2.45) is 5.92 Å². The summed E-state index contributed by atoms with van der Waals surface area (Å²) in [6.45, 7) is 2.31. The number of hydrogen-bond acceptors (Lipinski definition) is 1. The van der Waals surface area contributed by atoms with E-state index in [1.165, 1.54) is 6.07 Å². The summed E-state index contributed by atoms with van der Waals surface area (Å²) in [5.74, 6) is -0.320. The average Bonchev–Trinajstić information content (AvgIpc) is 2.34. The number of amides is 1. The summed E-state index contributed by atoms with van der Waals surface area (Å²) in [4.78, 5) is 11.8. The van der Waals surface area contributed by atoms with E-state index in [4.69, 9.17) is 0 Å². The topological polar surface area (TPSA) is 29.1 Å². The van der Waals surface area contributed by atoms with Crippen LogP contribution in [-0.4, -0.2) is 17.8 Å². The van der Waals surface area contributed by atoms with Gasteiger partial charge in [0.15, 0.2) is 0 Å². The molecule has 0 aromatic heterocycles. The molecule has 0 aliphatic heterocycles. The van der Waals surface area contributed by atoms with Gasteiger partial charge < -0.3 is 5.32 Å². The molecule has 0 heterocycles. The Morgan fingerprint density at radius 1 is 1.42 bits per heavy atom. The van der Waals surface area contributed by atoms with Gasteiger partial charge in [-0.15, -0.1) is 0 Å². The van der Waals surface area contributed by atoms with Crippen LogP contribution in [-0.2, 0) is 6.18 Å². The SMILES string of the molecule is CC(CBr)CNC(=O)c1cc(C(F)(F)F)ccc1Br. The third-order valence-corrected chi connectivity index (χ3v) is 4.21. The molecule has 1 atom stereocenters. The van der Waals surface area contributed by atoms with Gasteiger partial charge in [0.1, 0.15) is 0 Å². The third kappa shape index (κ3) is 4.80. The number of rotatable bonds is 4. The van der Waals surface area contributed by atoms with Gasteiger partial charge in [0.25, 0.3) is 5.91 Å². The minimum Gasteiger partial charge on any atom is -0.352 e. The van der Waals surface area contributed by atoms with E-state index in [2.05, 4.69) is 37.2 Å². The van der Waals surface area contributed by atoms with Gasteiger partial charge in [-0.05, 0) is 40.0 Å². The second-order valence-electron chi connectivity index (χ2n) is 4.16. The van der Waals surface area contributed by atoms with Gasteiger partial charge in [-0.2, -0.15) is 13.2 Å². The maximum atomic E-state index is 12.6. The molecule has 1 aromatic rings. The van der Waals surface area contributed by atoms with Crippen molar-refractivity contribution in [3.63, 3.8) is 0 Å². The second kappa shape index (κ2) is 6.74. The molecule has 106 valence electrons. The molecule has 1 N–H and O–H groups in total. The van der Waals surface area contributed by atoms with Crippen LogP contribution in [0.15, 0.2) is 22.7 Å². The van der Waals surface area contributed by atoms with Crippen LogP contribution >= 0.6 is 31.9 Å². The van der Waals surface area contributed by atoms with Crippen LogP contribution in [0.2, 0.25) is 0 Å². The summed E-state index contributed by atoms with van der Waals surface area (Å²) in [6, 6.07) is 3.01. The molecule has 1 rings (SSSR count). The fourth-order valence-electron chi connectivity index (χ4n) is 1.29. The second-order valence-corrected chi connectivity index (χ2v) is 5.66. The largest absolute Gasteiger partial charge is 0.416 e. The quantitative estimate of drug-likeness (QED) is 0.750. The van der Waals surface area contributed by atoms with Gasteiger partial charge >= 0.3 is 6.18 Å². The van der Waals surface area contributed by atoms with Crippen LogP contribution in [0.5, 0.6) is 0 Å². The number of alkyl halides is 4. The van der Waals surface area contributed by atoms with E-state index in [-0.39, 0.29) is 11.5 Å². The molecule has 2 nitrogen and oxygen atoms in total. The zero-order chi connectivity index (χ0) is 14.6. The monoisotopic (exact) mass is 401 g/mol. The van der Waals surface area contributed by atoms with E-state index in [0.717, 1.165) is 12.1 Å². The van der Waals surface area contributed by atoms with E-state index >= 15 is 0 Å². The van der Waals surface area contributed by atoms with E-state index in [1.807, 2.05) is 6.92 Å². The smallest absolute Gasteiger partial charge is 0.352 e. The Hall–Kier alpha value is -0.560. The van der Waals surface area contributed by atoms with Gasteiger partial charge in [-0.25, -0.2) is 0 Å². The van der Waals surface area contributed by atoms with Crippen molar-refractivity contribution >= 4 is 37.8 Å². The van der Waals surface area contributed by atoms with Gasteiger partial charge in [0.2, 0.25) is 0 Å². The molecule has 0 saturated heterocycles. The van der Waals surface area contributed by atoms with E-state index < -0.39 is 17.6 Å². The van der Waals surface area contributed by atoms with Crippen molar-refractivity contribution in [2.45, 2.75) is 13.1 Å². The summed E-state index contributed by atoms with van der Waals surface area (Å²) < 4.78 is 38.1. The molecular formula is C12H12Br2F3NO. The van der Waals surface area contributed by atoms with E-state index in [9.17, 15) is 18.0 Å². The van der Waals surface area contributed by atoms with Crippen LogP contribution in [0.25, 0.3) is 0 Å². The maximum absolute atomic E-state index is 12.6. The highest BCUT2D eigenvalue weighted by Gasteiger charge is 2.31. The Morgan fingerprint density at radius 2 is 2.05 bits per heavy atom. The number of hydrogen-bond donors (Lipinski definition) is 1. The lowest BCUT2D eigenvalue weighted by atomic mass is 10.1. The summed E-state index contributed by atoms with van der Waals surface area (Å²) in [5, 5.41) is 3.31. The first kappa shape index (κ1) is 16.5. The predicted octanol–water partition coefficient (Wildman–Crippen LogP) is 4.23. The number of carbonyl (C=O) groups is 1. The lowest BCUT2D eigenvalue weighted by Crippen LogP contribution is -2.29. The molecule has 7 heteroatoms. The number of halogens is 5. The molecule has 19 heavy (non-hydrogen) atoms. The third-order valence-electron chi connectivity index (χ3n) is 2.41. The van der Waals surface area contributed by atoms with Crippen LogP contribution in [0.1, 0.15) is 22.8 Å². The molecule has 1 aromatic carbocycles. The zero-order valence-electron chi connectivity index (χ0n) is 10.0. The summed E-state index contributed by atoms with van der Waals surface area (Å²) >= 11 is 6.35. The van der Waals surface area contributed by atoms with E-state index in [1.54, 1.807) is 0 Å². The fraction of sp³-hybridized carbons (Fsp3) is 0.417. The molecule has 0 aliphatic carbocycles. The predicted molar refractivity (Wildman–Crippen MR) is 74.4 cm³/mol. The lowest BCUT2D eigenvalue weighted by molar-refractivity contribution is -0.137. The van der Waals surface area contributed by atoms with Crippen molar-refractivity contribution in [3.05, 3.63) is 33.8 Å². The lowest BCUT2D eigenvalue weighted by Gasteiger charge is -2.12. The van der Waals surface area contributed by atoms with Crippen LogP contribution in [0.3, 0.4) is 0 Å². The highest BCUT2D eigenvalue weighted by Crippen LogP contribution is 2.31. The summed E-state index contributed by atoms with van der Waals surface area (Å²) in [7, 11) is 0. The van der Waals surface area contributed by atoms with Gasteiger partial charge in [0.05, 0.1) is 11.1 Å². The number of benzene rings is 1. The minimum absolute atomic E-state index is 0.0170. The summed E-state index contributed by atoms with van der Waals surface area (Å²) in [6.07, 6.45) is -4.46. The molecule has 1 unspecified atom stereocenters. The molecule has 0 fully saturated rings.